The predicted octanol–water partition coefficient (Wildman–Crippen LogP) is -1.02. The highest BCUT2D eigenvalue weighted by molar-refractivity contribution is 5.74. The number of piperazine rings is 1. The Morgan fingerprint density at radius 1 is 1.23 bits per heavy atom. The van der Waals surface area contributed by atoms with E-state index in [4.69, 9.17) is 4.74 Å². The highest BCUT2D eigenvalue weighted by atomic mass is 16.5. The van der Waals surface area contributed by atoms with Crippen molar-refractivity contribution in [3.05, 3.63) is 20.8 Å². The molecule has 3 rings (SSSR count). The third-order valence-electron chi connectivity index (χ3n) is 4.55. The topological polar surface area (TPSA) is 86.3 Å². The van der Waals surface area contributed by atoms with E-state index >= 15 is 0 Å². The molecule has 1 N–H and O–H groups in total. The highest BCUT2D eigenvalue weighted by Crippen LogP contribution is 2.19. The molecule has 1 aliphatic heterocycles. The fourth-order valence-corrected chi connectivity index (χ4v) is 3.15. The van der Waals surface area contributed by atoms with Crippen molar-refractivity contribution in [2.45, 2.75) is 20.0 Å². The van der Waals surface area contributed by atoms with Crippen molar-refractivity contribution in [2.24, 2.45) is 7.05 Å². The summed E-state index contributed by atoms with van der Waals surface area (Å²) in [6.07, 6.45) is 0. The maximum atomic E-state index is 13.0. The van der Waals surface area contributed by atoms with Crippen LogP contribution in [0.5, 0.6) is 0 Å². The SMILES string of the molecule is CC#CCn1c(N2CCNCC2)nc2c1c(=O)n(CCOC)c(=O)n2C. The Hall–Kier alpha value is -2.57. The van der Waals surface area contributed by atoms with E-state index in [1.807, 2.05) is 4.57 Å². The van der Waals surface area contributed by atoms with Crippen LogP contribution in [0.2, 0.25) is 0 Å². The Labute approximate surface area is 151 Å². The summed E-state index contributed by atoms with van der Waals surface area (Å²) in [7, 11) is 3.18. The second-order valence-electron chi connectivity index (χ2n) is 6.13. The van der Waals surface area contributed by atoms with Crippen LogP contribution in [0.15, 0.2) is 9.59 Å². The Balaban J connectivity index is 2.26. The number of rotatable bonds is 5. The van der Waals surface area contributed by atoms with Gasteiger partial charge in [-0.1, -0.05) is 5.92 Å². The first-order valence-electron chi connectivity index (χ1n) is 8.64. The molecule has 1 aliphatic rings. The van der Waals surface area contributed by atoms with Crippen LogP contribution in [0.1, 0.15) is 6.92 Å². The molecule has 1 saturated heterocycles. The lowest BCUT2D eigenvalue weighted by atomic mass is 10.4. The average Bonchev–Trinajstić information content (AvgIpc) is 3.05. The van der Waals surface area contributed by atoms with Crippen LogP contribution in [-0.2, 0) is 24.9 Å². The van der Waals surface area contributed by atoms with Crippen molar-refractivity contribution in [3.8, 4) is 11.8 Å². The minimum atomic E-state index is -0.391. The predicted molar refractivity (Wildman–Crippen MR) is 99.6 cm³/mol. The molecule has 0 aromatic carbocycles. The zero-order valence-corrected chi connectivity index (χ0v) is 15.4. The van der Waals surface area contributed by atoms with E-state index in [9.17, 15) is 9.59 Å². The number of nitrogens with zero attached hydrogens (tertiary/aromatic N) is 5. The zero-order valence-electron chi connectivity index (χ0n) is 15.4. The molecule has 2 aromatic rings. The first-order valence-corrected chi connectivity index (χ1v) is 8.64. The second-order valence-corrected chi connectivity index (χ2v) is 6.13. The molecule has 0 radical (unpaired) electrons. The quantitative estimate of drug-likeness (QED) is 0.687. The van der Waals surface area contributed by atoms with Crippen LogP contribution in [0.3, 0.4) is 0 Å². The lowest BCUT2D eigenvalue weighted by Gasteiger charge is -2.28. The molecule has 1 fully saturated rings. The lowest BCUT2D eigenvalue weighted by molar-refractivity contribution is 0.184. The molecular formula is C17H24N6O3. The number of hydrogen-bond donors (Lipinski definition) is 1. The Morgan fingerprint density at radius 2 is 1.96 bits per heavy atom. The summed E-state index contributed by atoms with van der Waals surface area (Å²) in [5.74, 6) is 6.57. The lowest BCUT2D eigenvalue weighted by Crippen LogP contribution is -2.44. The van der Waals surface area contributed by atoms with Crippen LogP contribution >= 0.6 is 0 Å². The van der Waals surface area contributed by atoms with Gasteiger partial charge in [0.25, 0.3) is 5.56 Å². The number of aromatic nitrogens is 4. The fourth-order valence-electron chi connectivity index (χ4n) is 3.15. The molecule has 0 unspecified atom stereocenters. The number of imidazole rings is 1. The molecule has 0 amide bonds. The maximum Gasteiger partial charge on any atom is 0.332 e. The molecule has 0 saturated carbocycles. The van der Waals surface area contributed by atoms with Gasteiger partial charge in [0.15, 0.2) is 11.2 Å². The molecule has 2 aromatic heterocycles. The van der Waals surface area contributed by atoms with Gasteiger partial charge in [-0.15, -0.1) is 5.92 Å². The van der Waals surface area contributed by atoms with Gasteiger partial charge in [-0.25, -0.2) is 4.79 Å². The van der Waals surface area contributed by atoms with Crippen molar-refractivity contribution in [1.29, 1.82) is 0 Å². The van der Waals surface area contributed by atoms with Gasteiger partial charge in [0.1, 0.15) is 0 Å². The van der Waals surface area contributed by atoms with E-state index in [1.165, 1.54) is 16.2 Å². The molecule has 140 valence electrons. The van der Waals surface area contributed by atoms with Crippen molar-refractivity contribution >= 4 is 17.1 Å². The second kappa shape index (κ2) is 7.76. The van der Waals surface area contributed by atoms with Crippen molar-refractivity contribution < 1.29 is 4.74 Å². The van der Waals surface area contributed by atoms with Crippen LogP contribution < -0.4 is 21.5 Å². The standard InChI is InChI=1S/C17H24N6O3/c1-4-5-8-22-13-14(19-16(22)21-9-6-18-7-10-21)20(2)17(25)23(15(13)24)11-12-26-3/h18H,6-12H2,1-3H3. The van der Waals surface area contributed by atoms with Gasteiger partial charge in [0.05, 0.1) is 19.7 Å². The number of hydrogen-bond acceptors (Lipinski definition) is 6. The number of nitrogens with one attached hydrogen (secondary N) is 1. The van der Waals surface area contributed by atoms with Crippen LogP contribution in [0, 0.1) is 11.8 Å². The minimum absolute atomic E-state index is 0.200. The molecule has 0 bridgehead atoms. The van der Waals surface area contributed by atoms with Gasteiger partial charge in [0, 0.05) is 40.3 Å². The first-order chi connectivity index (χ1) is 12.6. The van der Waals surface area contributed by atoms with Crippen molar-refractivity contribution in [3.63, 3.8) is 0 Å². The molecule has 0 aliphatic carbocycles. The van der Waals surface area contributed by atoms with E-state index in [1.54, 1.807) is 14.0 Å². The van der Waals surface area contributed by atoms with E-state index in [0.29, 0.717) is 23.7 Å². The third-order valence-corrected chi connectivity index (χ3v) is 4.55. The molecule has 9 nitrogen and oxygen atoms in total. The van der Waals surface area contributed by atoms with Crippen LogP contribution in [0.25, 0.3) is 11.2 Å². The van der Waals surface area contributed by atoms with E-state index in [-0.39, 0.29) is 18.7 Å². The Bertz CT molecular complexity index is 969. The van der Waals surface area contributed by atoms with Gasteiger partial charge in [-0.2, -0.15) is 4.98 Å². The van der Waals surface area contributed by atoms with Crippen molar-refractivity contribution in [2.75, 3.05) is 44.8 Å². The van der Waals surface area contributed by atoms with Gasteiger partial charge in [-0.05, 0) is 6.92 Å². The fraction of sp³-hybridized carbons (Fsp3) is 0.588. The summed E-state index contributed by atoms with van der Waals surface area (Å²) in [5.41, 5.74) is 0.0455. The summed E-state index contributed by atoms with van der Waals surface area (Å²) >= 11 is 0. The smallest absolute Gasteiger partial charge is 0.332 e. The zero-order chi connectivity index (χ0) is 18.7. The third kappa shape index (κ3) is 3.13. The molecule has 0 spiro atoms. The summed E-state index contributed by atoms with van der Waals surface area (Å²) in [6.45, 7) is 5.86. The summed E-state index contributed by atoms with van der Waals surface area (Å²) in [5, 5.41) is 3.30. The monoisotopic (exact) mass is 360 g/mol. The molecule has 0 atom stereocenters. The molecule has 9 heteroatoms. The molecular weight excluding hydrogens is 336 g/mol. The number of ether oxygens (including phenoxy) is 1. The van der Waals surface area contributed by atoms with E-state index in [0.717, 1.165) is 26.2 Å². The van der Waals surface area contributed by atoms with Gasteiger partial charge in [-0.3, -0.25) is 18.5 Å². The van der Waals surface area contributed by atoms with Gasteiger partial charge < -0.3 is 15.0 Å². The Morgan fingerprint density at radius 3 is 2.62 bits per heavy atom. The summed E-state index contributed by atoms with van der Waals surface area (Å²) in [6, 6.07) is 0. The number of methoxy groups -OCH3 is 1. The van der Waals surface area contributed by atoms with E-state index < -0.39 is 5.69 Å². The number of aryl methyl sites for hydroxylation is 1. The van der Waals surface area contributed by atoms with E-state index in [2.05, 4.69) is 27.0 Å². The first kappa shape index (κ1) is 18.2. The molecule has 3 heterocycles. The number of fused-ring (bicyclic) bond motifs is 1. The van der Waals surface area contributed by atoms with Crippen LogP contribution in [0.4, 0.5) is 5.95 Å². The Kier molecular flexibility index (Phi) is 5.44. The van der Waals surface area contributed by atoms with Gasteiger partial charge >= 0.3 is 5.69 Å². The summed E-state index contributed by atoms with van der Waals surface area (Å²) < 4.78 is 9.48. The number of anilines is 1. The largest absolute Gasteiger partial charge is 0.383 e. The van der Waals surface area contributed by atoms with Crippen molar-refractivity contribution in [1.82, 2.24) is 24.0 Å². The average molecular weight is 360 g/mol. The normalized spacial score (nSPS) is 14.5. The van der Waals surface area contributed by atoms with Crippen LogP contribution in [-0.4, -0.2) is 58.6 Å². The minimum Gasteiger partial charge on any atom is -0.383 e. The highest BCUT2D eigenvalue weighted by Gasteiger charge is 2.23. The van der Waals surface area contributed by atoms with Gasteiger partial charge in [0.2, 0.25) is 5.95 Å². The molecule has 26 heavy (non-hydrogen) atoms. The maximum absolute atomic E-state index is 13.0. The summed E-state index contributed by atoms with van der Waals surface area (Å²) in [4.78, 5) is 32.4.